The first-order valence-corrected chi connectivity index (χ1v) is 17.4. The van der Waals surface area contributed by atoms with Crippen LogP contribution >= 0.6 is 23.2 Å². The second-order valence-corrected chi connectivity index (χ2v) is 14.2. The molecule has 0 aliphatic rings. The maximum absolute atomic E-state index is 14.7. The van der Waals surface area contributed by atoms with Crippen LogP contribution in [0.3, 0.4) is 0 Å². The summed E-state index contributed by atoms with van der Waals surface area (Å²) in [7, 11) is -1.40. The first-order chi connectivity index (χ1) is 22.8. The van der Waals surface area contributed by atoms with Gasteiger partial charge in [-0.15, -0.1) is 0 Å². The first-order valence-electron chi connectivity index (χ1n) is 15.2. The summed E-state index contributed by atoms with van der Waals surface area (Å²) in [6.07, 6.45) is 0.164. The minimum atomic E-state index is -4.31. The van der Waals surface area contributed by atoms with Crippen molar-refractivity contribution in [3.05, 3.63) is 118 Å². The monoisotopic (exact) mass is 711 g/mol. The average Bonchev–Trinajstić information content (AvgIpc) is 3.06. The highest BCUT2D eigenvalue weighted by atomic mass is 35.5. The van der Waals surface area contributed by atoms with Crippen molar-refractivity contribution >= 4 is 50.7 Å². The second kappa shape index (κ2) is 16.2. The summed E-state index contributed by atoms with van der Waals surface area (Å²) in [6.45, 7) is 4.76. The number of nitrogens with one attached hydrogen (secondary N) is 1. The molecular formula is C36H39Cl2N3O6S. The zero-order valence-corrected chi connectivity index (χ0v) is 29.8. The highest BCUT2D eigenvalue weighted by molar-refractivity contribution is 7.92. The van der Waals surface area contributed by atoms with Crippen molar-refractivity contribution in [2.24, 2.45) is 0 Å². The van der Waals surface area contributed by atoms with E-state index in [2.05, 4.69) is 5.32 Å². The van der Waals surface area contributed by atoms with Gasteiger partial charge < -0.3 is 19.7 Å². The third kappa shape index (κ3) is 9.00. The molecule has 254 valence electrons. The van der Waals surface area contributed by atoms with E-state index in [4.69, 9.17) is 32.7 Å². The Bertz CT molecular complexity index is 1840. The number of hydrogen-bond acceptors (Lipinski definition) is 6. The normalized spacial score (nSPS) is 11.9. The van der Waals surface area contributed by atoms with Crippen molar-refractivity contribution in [1.82, 2.24) is 10.2 Å². The van der Waals surface area contributed by atoms with Crippen LogP contribution in [0.4, 0.5) is 5.69 Å². The lowest BCUT2D eigenvalue weighted by atomic mass is 10.0. The molecule has 0 saturated carbocycles. The molecule has 0 aliphatic heterocycles. The molecule has 0 radical (unpaired) electrons. The number of amides is 2. The molecule has 4 aromatic carbocycles. The quantitative estimate of drug-likeness (QED) is 0.157. The summed E-state index contributed by atoms with van der Waals surface area (Å²) >= 11 is 12.8. The molecule has 0 saturated heterocycles. The van der Waals surface area contributed by atoms with E-state index >= 15 is 0 Å². The summed E-state index contributed by atoms with van der Waals surface area (Å²) < 4.78 is 40.5. The molecule has 1 unspecified atom stereocenters. The van der Waals surface area contributed by atoms with Crippen LogP contribution < -0.4 is 19.1 Å². The Morgan fingerprint density at radius 3 is 2.12 bits per heavy atom. The predicted molar refractivity (Wildman–Crippen MR) is 189 cm³/mol. The molecular weight excluding hydrogens is 673 g/mol. The molecule has 0 aliphatic carbocycles. The number of aryl methyl sites for hydroxylation is 1. The number of ether oxygens (including phenoxy) is 2. The van der Waals surface area contributed by atoms with Gasteiger partial charge in [0.1, 0.15) is 12.6 Å². The van der Waals surface area contributed by atoms with Crippen molar-refractivity contribution in [2.75, 3.05) is 25.1 Å². The number of methoxy groups -OCH3 is 2. The van der Waals surface area contributed by atoms with E-state index in [0.717, 1.165) is 15.4 Å². The Morgan fingerprint density at radius 1 is 0.854 bits per heavy atom. The zero-order chi connectivity index (χ0) is 35.0. The number of sulfonamides is 1. The first kappa shape index (κ1) is 36.6. The van der Waals surface area contributed by atoms with E-state index in [1.165, 1.54) is 43.4 Å². The molecule has 0 aromatic heterocycles. The molecule has 0 bridgehead atoms. The Kier molecular flexibility index (Phi) is 12.4. The fourth-order valence-corrected chi connectivity index (χ4v) is 6.99. The van der Waals surface area contributed by atoms with Crippen LogP contribution in [0.15, 0.2) is 95.9 Å². The molecule has 0 heterocycles. The van der Waals surface area contributed by atoms with Gasteiger partial charge in [-0.2, -0.15) is 0 Å². The second-order valence-electron chi connectivity index (χ2n) is 11.5. The van der Waals surface area contributed by atoms with E-state index < -0.39 is 34.4 Å². The van der Waals surface area contributed by atoms with E-state index in [-0.39, 0.29) is 35.3 Å². The van der Waals surface area contributed by atoms with Crippen molar-refractivity contribution in [3.63, 3.8) is 0 Å². The number of nitrogens with zero attached hydrogens (tertiary/aromatic N) is 2. The van der Waals surface area contributed by atoms with Gasteiger partial charge in [-0.25, -0.2) is 8.42 Å². The number of carbonyl (C=O) groups is 2. The number of benzene rings is 4. The molecule has 0 spiro atoms. The Morgan fingerprint density at radius 2 is 1.52 bits per heavy atom. The predicted octanol–water partition coefficient (Wildman–Crippen LogP) is 6.68. The number of rotatable bonds is 14. The van der Waals surface area contributed by atoms with Crippen LogP contribution in [0.1, 0.15) is 30.5 Å². The minimum absolute atomic E-state index is 0.0126. The standard InChI is InChI=1S/C36H39Cl2N3O6S/c1-24(2)39-36(43)32(19-26-9-7-6-8-10-26)40(22-27-13-14-28(37)20-31(27)38)35(42)23-41(29-15-18-33(46-4)34(21-29)47-5)48(44,45)30-16-11-25(3)12-17-30/h6-18,20-21,24,32H,19,22-23H2,1-5H3,(H,39,43). The largest absolute Gasteiger partial charge is 0.493 e. The smallest absolute Gasteiger partial charge is 0.264 e. The average molecular weight is 713 g/mol. The van der Waals surface area contributed by atoms with Gasteiger partial charge in [-0.05, 0) is 68.3 Å². The molecule has 1 N–H and O–H groups in total. The Labute approximate surface area is 292 Å². The summed E-state index contributed by atoms with van der Waals surface area (Å²) in [6, 6.07) is 23.9. The fourth-order valence-electron chi connectivity index (χ4n) is 5.11. The van der Waals surface area contributed by atoms with Gasteiger partial charge in [0.15, 0.2) is 11.5 Å². The summed E-state index contributed by atoms with van der Waals surface area (Å²) in [5.74, 6) is -0.375. The number of anilines is 1. The van der Waals surface area contributed by atoms with Crippen molar-refractivity contribution in [1.29, 1.82) is 0 Å². The molecule has 2 amide bonds. The Balaban J connectivity index is 1.86. The molecule has 1 atom stereocenters. The SMILES string of the molecule is COc1ccc(N(CC(=O)N(Cc2ccc(Cl)cc2Cl)C(Cc2ccccc2)C(=O)NC(C)C)S(=O)(=O)c2ccc(C)cc2)cc1OC. The summed E-state index contributed by atoms with van der Waals surface area (Å²) in [4.78, 5) is 29.9. The highest BCUT2D eigenvalue weighted by Crippen LogP contribution is 2.34. The molecule has 9 nitrogen and oxygen atoms in total. The van der Waals surface area contributed by atoms with Gasteiger partial charge in [0, 0.05) is 35.1 Å². The summed E-state index contributed by atoms with van der Waals surface area (Å²) in [5.41, 5.74) is 2.38. The molecule has 0 fully saturated rings. The number of carbonyl (C=O) groups excluding carboxylic acids is 2. The molecule has 12 heteroatoms. The third-order valence-electron chi connectivity index (χ3n) is 7.60. The van der Waals surface area contributed by atoms with Gasteiger partial charge >= 0.3 is 0 Å². The van der Waals surface area contributed by atoms with Gasteiger partial charge in [0.25, 0.3) is 10.0 Å². The topological polar surface area (TPSA) is 105 Å². The fraction of sp³-hybridized carbons (Fsp3) is 0.278. The Hall–Kier alpha value is -4.25. The van der Waals surface area contributed by atoms with Crippen LogP contribution in [-0.4, -0.2) is 58.0 Å². The van der Waals surface area contributed by atoms with E-state index in [1.54, 1.807) is 36.4 Å². The van der Waals surface area contributed by atoms with Gasteiger partial charge in [-0.1, -0.05) is 77.3 Å². The maximum Gasteiger partial charge on any atom is 0.264 e. The lowest BCUT2D eigenvalue weighted by molar-refractivity contribution is -0.140. The van der Waals surface area contributed by atoms with Crippen LogP contribution in [0, 0.1) is 6.92 Å². The van der Waals surface area contributed by atoms with Crippen LogP contribution in [0.5, 0.6) is 11.5 Å². The van der Waals surface area contributed by atoms with Gasteiger partial charge in [0.2, 0.25) is 11.8 Å². The maximum atomic E-state index is 14.7. The lowest BCUT2D eigenvalue weighted by Gasteiger charge is -2.34. The van der Waals surface area contributed by atoms with E-state index in [9.17, 15) is 18.0 Å². The van der Waals surface area contributed by atoms with Crippen molar-refractivity contribution < 1.29 is 27.5 Å². The van der Waals surface area contributed by atoms with Crippen LogP contribution in [0.2, 0.25) is 10.0 Å². The van der Waals surface area contributed by atoms with Crippen molar-refractivity contribution in [2.45, 2.75) is 50.7 Å². The summed E-state index contributed by atoms with van der Waals surface area (Å²) in [5, 5.41) is 3.64. The minimum Gasteiger partial charge on any atom is -0.493 e. The van der Waals surface area contributed by atoms with Crippen LogP contribution in [-0.2, 0) is 32.6 Å². The zero-order valence-electron chi connectivity index (χ0n) is 27.4. The molecule has 48 heavy (non-hydrogen) atoms. The van der Waals surface area contributed by atoms with E-state index in [1.807, 2.05) is 51.1 Å². The van der Waals surface area contributed by atoms with Gasteiger partial charge in [-0.3, -0.25) is 13.9 Å². The van der Waals surface area contributed by atoms with Gasteiger partial charge in [0.05, 0.1) is 24.8 Å². The third-order valence-corrected chi connectivity index (χ3v) is 9.98. The number of halogens is 2. The molecule has 4 rings (SSSR count). The highest BCUT2D eigenvalue weighted by Gasteiger charge is 2.35. The number of hydrogen-bond donors (Lipinski definition) is 1. The van der Waals surface area contributed by atoms with Crippen LogP contribution in [0.25, 0.3) is 0 Å². The molecule has 4 aromatic rings. The van der Waals surface area contributed by atoms with E-state index in [0.29, 0.717) is 21.4 Å². The lowest BCUT2D eigenvalue weighted by Crippen LogP contribution is -2.54. The van der Waals surface area contributed by atoms with Crippen molar-refractivity contribution in [3.8, 4) is 11.5 Å².